The first kappa shape index (κ1) is 16.3. The molecule has 1 amide bonds. The largest absolute Gasteiger partial charge is 0.497 e. The number of hydrogen-bond acceptors (Lipinski definition) is 4. The summed E-state index contributed by atoms with van der Waals surface area (Å²) in [7, 11) is 1.64. The minimum atomic E-state index is -0.0929. The Bertz CT molecular complexity index is 526. The highest BCUT2D eigenvalue weighted by molar-refractivity contribution is 5.94. The molecule has 0 unspecified atom stereocenters. The molecule has 1 N–H and O–H groups in total. The summed E-state index contributed by atoms with van der Waals surface area (Å²) < 4.78 is 5.14. The molecular weight excluding hydrogens is 290 g/mol. The second kappa shape index (κ2) is 7.32. The van der Waals surface area contributed by atoms with Gasteiger partial charge in [-0.3, -0.25) is 14.6 Å². The van der Waals surface area contributed by atoms with Gasteiger partial charge in [-0.2, -0.15) is 0 Å². The SMILES string of the molecule is COc1ccc(NC(=O)[C@H](C)N2CC[C@@H](N3CCCC3)C2)cc1. The fraction of sp³-hybridized carbons (Fsp3) is 0.611. The molecule has 0 aliphatic carbocycles. The van der Waals surface area contributed by atoms with Crippen LogP contribution in [0.15, 0.2) is 24.3 Å². The molecule has 2 fully saturated rings. The molecule has 2 atom stereocenters. The van der Waals surface area contributed by atoms with E-state index in [0.29, 0.717) is 6.04 Å². The normalized spacial score (nSPS) is 23.8. The number of amides is 1. The van der Waals surface area contributed by atoms with Gasteiger partial charge in [0.15, 0.2) is 0 Å². The number of carbonyl (C=O) groups excluding carboxylic acids is 1. The van der Waals surface area contributed by atoms with Crippen LogP contribution in [-0.4, -0.2) is 61.1 Å². The molecule has 23 heavy (non-hydrogen) atoms. The van der Waals surface area contributed by atoms with Crippen LogP contribution in [0.25, 0.3) is 0 Å². The maximum absolute atomic E-state index is 12.5. The zero-order valence-corrected chi connectivity index (χ0v) is 14.1. The summed E-state index contributed by atoms with van der Waals surface area (Å²) in [5.74, 6) is 0.862. The summed E-state index contributed by atoms with van der Waals surface area (Å²) in [5, 5.41) is 3.00. The Morgan fingerprint density at radius 3 is 2.57 bits per heavy atom. The van der Waals surface area contributed by atoms with Crippen molar-refractivity contribution in [3.05, 3.63) is 24.3 Å². The van der Waals surface area contributed by atoms with Crippen LogP contribution in [0.4, 0.5) is 5.69 Å². The van der Waals surface area contributed by atoms with Crippen LogP contribution >= 0.6 is 0 Å². The number of rotatable bonds is 5. The Labute approximate surface area is 138 Å². The van der Waals surface area contributed by atoms with Gasteiger partial charge in [0.25, 0.3) is 0 Å². The number of benzene rings is 1. The third-order valence-electron chi connectivity index (χ3n) is 5.14. The standard InChI is InChI=1S/C18H27N3O2/c1-14(18(22)19-15-5-7-17(23-2)8-6-15)21-12-9-16(13-21)20-10-3-4-11-20/h5-8,14,16H,3-4,9-13H2,1-2H3,(H,19,22)/t14-,16+/m0/s1. The van der Waals surface area contributed by atoms with Gasteiger partial charge in [0.1, 0.15) is 5.75 Å². The van der Waals surface area contributed by atoms with Crippen molar-refractivity contribution in [3.8, 4) is 5.75 Å². The molecule has 1 aromatic carbocycles. The van der Waals surface area contributed by atoms with Crippen LogP contribution in [-0.2, 0) is 4.79 Å². The third-order valence-corrected chi connectivity index (χ3v) is 5.14. The average molecular weight is 317 g/mol. The molecule has 2 aliphatic rings. The molecule has 0 radical (unpaired) electrons. The minimum Gasteiger partial charge on any atom is -0.497 e. The predicted molar refractivity (Wildman–Crippen MR) is 91.9 cm³/mol. The monoisotopic (exact) mass is 317 g/mol. The highest BCUT2D eigenvalue weighted by Crippen LogP contribution is 2.22. The predicted octanol–water partition coefficient (Wildman–Crippen LogP) is 2.19. The van der Waals surface area contributed by atoms with E-state index in [1.54, 1.807) is 7.11 Å². The minimum absolute atomic E-state index is 0.0669. The van der Waals surface area contributed by atoms with E-state index >= 15 is 0 Å². The Hall–Kier alpha value is -1.59. The molecule has 2 aliphatic heterocycles. The average Bonchev–Trinajstić information content (AvgIpc) is 3.26. The van der Waals surface area contributed by atoms with Crippen LogP contribution in [0, 0.1) is 0 Å². The zero-order chi connectivity index (χ0) is 16.2. The van der Waals surface area contributed by atoms with Gasteiger partial charge >= 0.3 is 0 Å². The van der Waals surface area contributed by atoms with E-state index in [9.17, 15) is 4.79 Å². The van der Waals surface area contributed by atoms with Crippen LogP contribution in [0.5, 0.6) is 5.75 Å². The van der Waals surface area contributed by atoms with Crippen molar-refractivity contribution >= 4 is 11.6 Å². The number of likely N-dealkylation sites (tertiary alicyclic amines) is 2. The number of hydrogen-bond donors (Lipinski definition) is 1. The summed E-state index contributed by atoms with van der Waals surface area (Å²) in [4.78, 5) is 17.4. The van der Waals surface area contributed by atoms with Gasteiger partial charge in [0.05, 0.1) is 13.2 Å². The topological polar surface area (TPSA) is 44.8 Å². The molecule has 3 rings (SSSR count). The number of methoxy groups -OCH3 is 1. The molecule has 2 heterocycles. The smallest absolute Gasteiger partial charge is 0.241 e. The van der Waals surface area contributed by atoms with Gasteiger partial charge in [-0.05, 0) is 63.5 Å². The lowest BCUT2D eigenvalue weighted by Gasteiger charge is -2.26. The summed E-state index contributed by atoms with van der Waals surface area (Å²) in [6.45, 7) is 6.48. The van der Waals surface area contributed by atoms with Crippen molar-refractivity contribution in [1.29, 1.82) is 0 Å². The van der Waals surface area contributed by atoms with E-state index in [0.717, 1.165) is 24.5 Å². The van der Waals surface area contributed by atoms with Gasteiger partial charge in [-0.25, -0.2) is 0 Å². The zero-order valence-electron chi connectivity index (χ0n) is 14.1. The third kappa shape index (κ3) is 3.85. The Morgan fingerprint density at radius 2 is 1.91 bits per heavy atom. The van der Waals surface area contributed by atoms with E-state index in [1.165, 1.54) is 32.4 Å². The molecule has 0 bridgehead atoms. The van der Waals surface area contributed by atoms with Crippen LogP contribution in [0.2, 0.25) is 0 Å². The number of nitrogens with zero attached hydrogens (tertiary/aromatic N) is 2. The molecule has 126 valence electrons. The second-order valence-electron chi connectivity index (χ2n) is 6.57. The van der Waals surface area contributed by atoms with Crippen LogP contribution < -0.4 is 10.1 Å². The van der Waals surface area contributed by atoms with Gasteiger partial charge in [-0.15, -0.1) is 0 Å². The summed E-state index contributed by atoms with van der Waals surface area (Å²) in [6.07, 6.45) is 3.83. The first-order valence-corrected chi connectivity index (χ1v) is 8.60. The van der Waals surface area contributed by atoms with E-state index in [2.05, 4.69) is 15.1 Å². The van der Waals surface area contributed by atoms with Crippen molar-refractivity contribution in [2.45, 2.75) is 38.3 Å². The molecule has 0 saturated carbocycles. The lowest BCUT2D eigenvalue weighted by molar-refractivity contribution is -0.120. The van der Waals surface area contributed by atoms with Gasteiger partial charge in [0, 0.05) is 24.8 Å². The van der Waals surface area contributed by atoms with Crippen molar-refractivity contribution in [2.75, 3.05) is 38.6 Å². The molecule has 1 aromatic rings. The molecule has 5 nitrogen and oxygen atoms in total. The molecule has 2 saturated heterocycles. The van der Waals surface area contributed by atoms with E-state index in [4.69, 9.17) is 4.74 Å². The van der Waals surface area contributed by atoms with Crippen LogP contribution in [0.1, 0.15) is 26.2 Å². The first-order valence-electron chi connectivity index (χ1n) is 8.60. The van der Waals surface area contributed by atoms with Gasteiger partial charge in [0.2, 0.25) is 5.91 Å². The van der Waals surface area contributed by atoms with Crippen molar-refractivity contribution < 1.29 is 9.53 Å². The maximum Gasteiger partial charge on any atom is 0.241 e. The Balaban J connectivity index is 1.52. The number of nitrogens with one attached hydrogen (secondary N) is 1. The van der Waals surface area contributed by atoms with E-state index < -0.39 is 0 Å². The lowest BCUT2D eigenvalue weighted by atomic mass is 10.2. The van der Waals surface area contributed by atoms with E-state index in [-0.39, 0.29) is 11.9 Å². The second-order valence-corrected chi connectivity index (χ2v) is 6.57. The van der Waals surface area contributed by atoms with Gasteiger partial charge < -0.3 is 10.1 Å². The highest BCUT2D eigenvalue weighted by atomic mass is 16.5. The van der Waals surface area contributed by atoms with Crippen molar-refractivity contribution in [2.24, 2.45) is 0 Å². The summed E-state index contributed by atoms with van der Waals surface area (Å²) >= 11 is 0. The number of ether oxygens (including phenoxy) is 1. The lowest BCUT2D eigenvalue weighted by Crippen LogP contribution is -2.43. The first-order chi connectivity index (χ1) is 11.2. The maximum atomic E-state index is 12.5. The number of carbonyl (C=O) groups is 1. The van der Waals surface area contributed by atoms with E-state index in [1.807, 2.05) is 31.2 Å². The summed E-state index contributed by atoms with van der Waals surface area (Å²) in [6, 6.07) is 8.01. The van der Waals surface area contributed by atoms with Crippen molar-refractivity contribution in [1.82, 2.24) is 9.80 Å². The molecule has 0 aromatic heterocycles. The fourth-order valence-electron chi connectivity index (χ4n) is 3.61. The number of anilines is 1. The molecule has 5 heteroatoms. The fourth-order valence-corrected chi connectivity index (χ4v) is 3.61. The summed E-state index contributed by atoms with van der Waals surface area (Å²) in [5.41, 5.74) is 0.818. The Morgan fingerprint density at radius 1 is 1.22 bits per heavy atom. The van der Waals surface area contributed by atoms with Crippen molar-refractivity contribution in [3.63, 3.8) is 0 Å². The van der Waals surface area contributed by atoms with Gasteiger partial charge in [-0.1, -0.05) is 0 Å². The quantitative estimate of drug-likeness (QED) is 0.904. The molecular formula is C18H27N3O2. The Kier molecular flexibility index (Phi) is 5.18. The highest BCUT2D eigenvalue weighted by Gasteiger charge is 2.33. The van der Waals surface area contributed by atoms with Crippen LogP contribution in [0.3, 0.4) is 0 Å². The molecule has 0 spiro atoms.